The van der Waals surface area contributed by atoms with Crippen LogP contribution in [0.2, 0.25) is 0 Å². The first-order valence-corrected chi connectivity index (χ1v) is 8.59. The first-order valence-electron chi connectivity index (χ1n) is 7.11. The highest BCUT2D eigenvalue weighted by molar-refractivity contribution is 7.92. The van der Waals surface area contributed by atoms with Crippen LogP contribution in [-0.2, 0) is 10.0 Å². The third kappa shape index (κ3) is 3.59. The number of benzene rings is 2. The maximum absolute atomic E-state index is 12.6. The number of hydrogen-bond donors (Lipinski definition) is 1. The van der Waals surface area contributed by atoms with Gasteiger partial charge >= 0.3 is 0 Å². The summed E-state index contributed by atoms with van der Waals surface area (Å²) in [5.41, 5.74) is 3.18. The van der Waals surface area contributed by atoms with E-state index in [4.69, 9.17) is 9.47 Å². The number of nitrogens with one attached hydrogen (secondary N) is 1. The van der Waals surface area contributed by atoms with E-state index < -0.39 is 10.0 Å². The van der Waals surface area contributed by atoms with E-state index in [0.29, 0.717) is 17.2 Å². The number of ether oxygens (including phenoxy) is 2. The molecule has 0 aliphatic carbocycles. The van der Waals surface area contributed by atoms with Gasteiger partial charge in [0.1, 0.15) is 0 Å². The van der Waals surface area contributed by atoms with Crippen LogP contribution in [-0.4, -0.2) is 22.6 Å². The summed E-state index contributed by atoms with van der Waals surface area (Å²) in [6.45, 7) is 5.63. The summed E-state index contributed by atoms with van der Waals surface area (Å²) in [6, 6.07) is 8.41. The molecule has 0 saturated carbocycles. The minimum atomic E-state index is -3.67. The lowest BCUT2D eigenvalue weighted by atomic mass is 10.1. The van der Waals surface area contributed by atoms with Gasteiger partial charge in [0.25, 0.3) is 10.0 Å². The van der Waals surface area contributed by atoms with Gasteiger partial charge in [0, 0.05) is 6.07 Å². The molecule has 0 aliphatic rings. The summed E-state index contributed by atoms with van der Waals surface area (Å²) >= 11 is 0. The van der Waals surface area contributed by atoms with Crippen molar-refractivity contribution in [3.05, 3.63) is 47.0 Å². The van der Waals surface area contributed by atoms with Crippen LogP contribution in [0.3, 0.4) is 0 Å². The van der Waals surface area contributed by atoms with Gasteiger partial charge in [0.15, 0.2) is 11.5 Å². The van der Waals surface area contributed by atoms with E-state index in [1.165, 1.54) is 14.2 Å². The van der Waals surface area contributed by atoms with Crippen LogP contribution in [0.5, 0.6) is 11.5 Å². The topological polar surface area (TPSA) is 64.6 Å². The monoisotopic (exact) mass is 335 g/mol. The molecular weight excluding hydrogens is 314 g/mol. The van der Waals surface area contributed by atoms with Crippen molar-refractivity contribution >= 4 is 15.7 Å². The van der Waals surface area contributed by atoms with Crippen LogP contribution in [0.1, 0.15) is 16.7 Å². The second-order valence-corrected chi connectivity index (χ2v) is 7.06. The van der Waals surface area contributed by atoms with Gasteiger partial charge in [-0.2, -0.15) is 0 Å². The van der Waals surface area contributed by atoms with Gasteiger partial charge in [-0.05, 0) is 55.7 Å². The molecule has 124 valence electrons. The normalized spacial score (nSPS) is 11.2. The zero-order chi connectivity index (χ0) is 17.2. The predicted molar refractivity (Wildman–Crippen MR) is 91.0 cm³/mol. The van der Waals surface area contributed by atoms with Crippen LogP contribution < -0.4 is 14.2 Å². The summed E-state index contributed by atoms with van der Waals surface area (Å²) < 4.78 is 38.2. The highest BCUT2D eigenvalue weighted by atomic mass is 32.2. The lowest BCUT2D eigenvalue weighted by Crippen LogP contribution is -2.14. The van der Waals surface area contributed by atoms with E-state index in [-0.39, 0.29) is 4.90 Å². The molecule has 0 amide bonds. The van der Waals surface area contributed by atoms with Gasteiger partial charge in [-0.1, -0.05) is 6.07 Å². The van der Waals surface area contributed by atoms with Crippen molar-refractivity contribution < 1.29 is 17.9 Å². The lowest BCUT2D eigenvalue weighted by molar-refractivity contribution is 0.355. The van der Waals surface area contributed by atoms with Gasteiger partial charge < -0.3 is 9.47 Å². The number of rotatable bonds is 5. The highest BCUT2D eigenvalue weighted by Crippen LogP contribution is 2.34. The molecule has 0 atom stereocenters. The van der Waals surface area contributed by atoms with Crippen molar-refractivity contribution in [3.63, 3.8) is 0 Å². The smallest absolute Gasteiger partial charge is 0.261 e. The second-order valence-electron chi connectivity index (χ2n) is 5.37. The van der Waals surface area contributed by atoms with Crippen molar-refractivity contribution in [1.29, 1.82) is 0 Å². The molecule has 0 spiro atoms. The van der Waals surface area contributed by atoms with Gasteiger partial charge in [-0.15, -0.1) is 0 Å². The van der Waals surface area contributed by atoms with Crippen LogP contribution >= 0.6 is 0 Å². The second kappa shape index (κ2) is 6.50. The van der Waals surface area contributed by atoms with E-state index in [1.807, 2.05) is 13.8 Å². The standard InChI is InChI=1S/C17H21NO4S/c1-11-6-7-14(8-12(11)2)23(19,20)18-15-10-17(22-5)16(21-4)9-13(15)3/h6-10,18H,1-5H3. The van der Waals surface area contributed by atoms with Crippen molar-refractivity contribution in [2.24, 2.45) is 0 Å². The fourth-order valence-electron chi connectivity index (χ4n) is 2.18. The van der Waals surface area contributed by atoms with E-state index in [2.05, 4.69) is 4.72 Å². The van der Waals surface area contributed by atoms with Crippen molar-refractivity contribution in [2.45, 2.75) is 25.7 Å². The Bertz CT molecular complexity index is 829. The average molecular weight is 335 g/mol. The first kappa shape index (κ1) is 17.1. The molecule has 2 aromatic rings. The summed E-state index contributed by atoms with van der Waals surface area (Å²) in [7, 11) is -0.619. The quantitative estimate of drug-likeness (QED) is 0.909. The number of aryl methyl sites for hydroxylation is 3. The molecule has 0 saturated heterocycles. The maximum atomic E-state index is 12.6. The summed E-state index contributed by atoms with van der Waals surface area (Å²) in [4.78, 5) is 0.231. The molecule has 6 heteroatoms. The molecule has 23 heavy (non-hydrogen) atoms. The zero-order valence-corrected chi connectivity index (χ0v) is 14.7. The Labute approximate surface area is 137 Å². The van der Waals surface area contributed by atoms with Crippen LogP contribution in [0, 0.1) is 20.8 Å². The molecule has 0 bridgehead atoms. The number of anilines is 1. The molecular formula is C17H21NO4S. The fourth-order valence-corrected chi connectivity index (χ4v) is 3.38. The van der Waals surface area contributed by atoms with E-state index >= 15 is 0 Å². The van der Waals surface area contributed by atoms with E-state index in [9.17, 15) is 8.42 Å². The molecule has 0 unspecified atom stereocenters. The van der Waals surface area contributed by atoms with Gasteiger partial charge in [-0.25, -0.2) is 8.42 Å². The third-order valence-corrected chi connectivity index (χ3v) is 5.13. The minimum absolute atomic E-state index is 0.231. The SMILES string of the molecule is COc1cc(C)c(NS(=O)(=O)c2ccc(C)c(C)c2)cc1OC. The molecule has 0 heterocycles. The molecule has 0 radical (unpaired) electrons. The predicted octanol–water partition coefficient (Wildman–Crippen LogP) is 3.43. The Morgan fingerprint density at radius 3 is 2.00 bits per heavy atom. The first-order chi connectivity index (χ1) is 10.8. The third-order valence-electron chi connectivity index (χ3n) is 3.76. The Balaban J connectivity index is 2.42. The molecule has 2 aromatic carbocycles. The van der Waals surface area contributed by atoms with Crippen LogP contribution in [0.15, 0.2) is 35.2 Å². The van der Waals surface area contributed by atoms with Gasteiger partial charge in [-0.3, -0.25) is 4.72 Å². The van der Waals surface area contributed by atoms with E-state index in [1.54, 1.807) is 37.3 Å². The average Bonchev–Trinajstić information content (AvgIpc) is 2.51. The van der Waals surface area contributed by atoms with Crippen molar-refractivity contribution in [2.75, 3.05) is 18.9 Å². The fraction of sp³-hybridized carbons (Fsp3) is 0.294. The van der Waals surface area contributed by atoms with Gasteiger partial charge in [0.05, 0.1) is 24.8 Å². The molecule has 0 aromatic heterocycles. The lowest BCUT2D eigenvalue weighted by Gasteiger charge is -2.15. The number of hydrogen-bond acceptors (Lipinski definition) is 4. The number of methoxy groups -OCH3 is 2. The van der Waals surface area contributed by atoms with Crippen LogP contribution in [0.4, 0.5) is 5.69 Å². The minimum Gasteiger partial charge on any atom is -0.493 e. The molecule has 1 N–H and O–H groups in total. The van der Waals surface area contributed by atoms with Gasteiger partial charge in [0.2, 0.25) is 0 Å². The molecule has 2 rings (SSSR count). The Morgan fingerprint density at radius 1 is 0.826 bits per heavy atom. The Kier molecular flexibility index (Phi) is 4.85. The number of sulfonamides is 1. The molecule has 0 fully saturated rings. The summed E-state index contributed by atoms with van der Waals surface area (Å²) in [5.74, 6) is 1.02. The Hall–Kier alpha value is -2.21. The Morgan fingerprint density at radius 2 is 1.43 bits per heavy atom. The largest absolute Gasteiger partial charge is 0.493 e. The highest BCUT2D eigenvalue weighted by Gasteiger charge is 2.18. The maximum Gasteiger partial charge on any atom is 0.261 e. The van der Waals surface area contributed by atoms with Crippen LogP contribution in [0.25, 0.3) is 0 Å². The van der Waals surface area contributed by atoms with Crippen molar-refractivity contribution in [3.8, 4) is 11.5 Å². The summed E-state index contributed by atoms with van der Waals surface area (Å²) in [6.07, 6.45) is 0. The zero-order valence-electron chi connectivity index (χ0n) is 13.9. The van der Waals surface area contributed by atoms with Crippen molar-refractivity contribution in [1.82, 2.24) is 0 Å². The summed E-state index contributed by atoms with van der Waals surface area (Å²) in [5, 5.41) is 0. The van der Waals surface area contributed by atoms with E-state index in [0.717, 1.165) is 16.7 Å². The molecule has 5 nitrogen and oxygen atoms in total. The molecule has 0 aliphatic heterocycles.